The Balaban J connectivity index is 3.34. The van der Waals surface area contributed by atoms with Crippen molar-refractivity contribution in [1.82, 2.24) is 0 Å². The average molecular weight is 142 g/mol. The molecule has 0 aliphatic rings. The van der Waals surface area contributed by atoms with Crippen LogP contribution in [0.3, 0.4) is 0 Å². The van der Waals surface area contributed by atoms with E-state index in [0.29, 0.717) is 0 Å². The number of aromatic hydroxyl groups is 4. The predicted octanol–water partition coefficient (Wildman–Crippen LogP) is 0.509. The van der Waals surface area contributed by atoms with Crippen LogP contribution in [-0.2, 0) is 0 Å². The first kappa shape index (κ1) is 6.54. The first-order valence-corrected chi connectivity index (χ1v) is 2.56. The van der Waals surface area contributed by atoms with Crippen molar-refractivity contribution in [2.75, 3.05) is 0 Å². The van der Waals surface area contributed by atoms with E-state index in [1.54, 1.807) is 0 Å². The molecule has 0 heterocycles. The second-order valence-corrected chi connectivity index (χ2v) is 1.80. The van der Waals surface area contributed by atoms with E-state index in [4.69, 9.17) is 20.4 Å². The molecule has 0 radical (unpaired) electrons. The zero-order valence-corrected chi connectivity index (χ0v) is 4.94. The standard InChI is InChI=1S/C6H6O4/c7-3-1-2-4(8)6(10)5(3)9/h1-2,7-10H. The van der Waals surface area contributed by atoms with Crippen molar-refractivity contribution < 1.29 is 20.4 Å². The van der Waals surface area contributed by atoms with Gasteiger partial charge in [-0.2, -0.15) is 0 Å². The number of rotatable bonds is 0. The first-order valence-electron chi connectivity index (χ1n) is 2.56. The quantitative estimate of drug-likeness (QED) is 0.314. The molecule has 54 valence electrons. The molecule has 0 spiro atoms. The monoisotopic (exact) mass is 142 g/mol. The Morgan fingerprint density at radius 3 is 1.30 bits per heavy atom. The smallest absolute Gasteiger partial charge is 0.204 e. The molecule has 4 nitrogen and oxygen atoms in total. The van der Waals surface area contributed by atoms with E-state index in [0.717, 1.165) is 12.1 Å². The lowest BCUT2D eigenvalue weighted by molar-refractivity contribution is 0.346. The molecule has 0 unspecified atom stereocenters. The molecule has 0 bridgehead atoms. The molecule has 4 heteroatoms. The number of hydrogen-bond donors (Lipinski definition) is 4. The maximum Gasteiger partial charge on any atom is 0.204 e. The fourth-order valence-electron chi connectivity index (χ4n) is 0.558. The highest BCUT2D eigenvalue weighted by atomic mass is 16.3. The molecule has 0 fully saturated rings. The molecule has 0 aliphatic carbocycles. The van der Waals surface area contributed by atoms with Gasteiger partial charge in [0.15, 0.2) is 11.5 Å². The summed E-state index contributed by atoms with van der Waals surface area (Å²) in [6, 6.07) is 2.15. The first-order chi connectivity index (χ1) is 4.63. The summed E-state index contributed by atoms with van der Waals surface area (Å²) < 4.78 is 0. The summed E-state index contributed by atoms with van der Waals surface area (Å²) in [6.07, 6.45) is 0. The van der Waals surface area contributed by atoms with E-state index in [-0.39, 0.29) is 0 Å². The summed E-state index contributed by atoms with van der Waals surface area (Å²) in [7, 11) is 0. The third-order valence-corrected chi connectivity index (χ3v) is 1.11. The van der Waals surface area contributed by atoms with Gasteiger partial charge in [0.25, 0.3) is 0 Å². The zero-order chi connectivity index (χ0) is 7.72. The maximum absolute atomic E-state index is 8.73. The lowest BCUT2D eigenvalue weighted by Gasteiger charge is -2.00. The van der Waals surface area contributed by atoms with Crippen LogP contribution >= 0.6 is 0 Å². The molecule has 0 saturated carbocycles. The molecule has 10 heavy (non-hydrogen) atoms. The zero-order valence-electron chi connectivity index (χ0n) is 4.94. The van der Waals surface area contributed by atoms with Crippen LogP contribution in [0.2, 0.25) is 0 Å². The van der Waals surface area contributed by atoms with Crippen molar-refractivity contribution in [2.24, 2.45) is 0 Å². The van der Waals surface area contributed by atoms with Crippen LogP contribution in [0.4, 0.5) is 0 Å². The van der Waals surface area contributed by atoms with Crippen LogP contribution in [0.15, 0.2) is 12.1 Å². The molecule has 0 aromatic heterocycles. The minimum atomic E-state index is -0.708. The van der Waals surface area contributed by atoms with Crippen molar-refractivity contribution in [3.63, 3.8) is 0 Å². The molecule has 1 rings (SSSR count). The van der Waals surface area contributed by atoms with Crippen molar-refractivity contribution in [3.8, 4) is 23.0 Å². The third kappa shape index (κ3) is 0.793. The SMILES string of the molecule is Oc1ccc(O)c(O)c1O. The van der Waals surface area contributed by atoms with Crippen molar-refractivity contribution in [2.45, 2.75) is 0 Å². The number of benzene rings is 1. The number of hydrogen-bond acceptors (Lipinski definition) is 4. The molecule has 0 atom stereocenters. The Kier molecular flexibility index (Phi) is 1.30. The van der Waals surface area contributed by atoms with Gasteiger partial charge in [-0.25, -0.2) is 0 Å². The lowest BCUT2D eigenvalue weighted by atomic mass is 10.3. The Labute approximate surface area is 56.6 Å². The molecular formula is C6H6O4. The van der Waals surface area contributed by atoms with Gasteiger partial charge in [-0.15, -0.1) is 0 Å². The molecule has 0 amide bonds. The van der Waals surface area contributed by atoms with E-state index >= 15 is 0 Å². The van der Waals surface area contributed by atoms with Gasteiger partial charge in [-0.1, -0.05) is 0 Å². The molecule has 0 saturated heterocycles. The third-order valence-electron chi connectivity index (χ3n) is 1.11. The highest BCUT2D eigenvalue weighted by Gasteiger charge is 2.08. The second kappa shape index (κ2) is 1.98. The van der Waals surface area contributed by atoms with Gasteiger partial charge in [-0.3, -0.25) is 0 Å². The van der Waals surface area contributed by atoms with Crippen LogP contribution in [-0.4, -0.2) is 20.4 Å². The largest absolute Gasteiger partial charge is 0.504 e. The summed E-state index contributed by atoms with van der Waals surface area (Å²) in [5, 5.41) is 34.9. The highest BCUT2D eigenvalue weighted by Crippen LogP contribution is 2.40. The Morgan fingerprint density at radius 2 is 1.00 bits per heavy atom. The molecule has 1 aromatic rings. The van der Waals surface area contributed by atoms with Crippen LogP contribution < -0.4 is 0 Å². The summed E-state index contributed by atoms with van der Waals surface area (Å²) in [5.74, 6) is -2.34. The topological polar surface area (TPSA) is 80.9 Å². The van der Waals surface area contributed by atoms with Crippen LogP contribution in [0.25, 0.3) is 0 Å². The summed E-state index contributed by atoms with van der Waals surface area (Å²) in [5.41, 5.74) is 0. The molecule has 0 aliphatic heterocycles. The van der Waals surface area contributed by atoms with Crippen molar-refractivity contribution >= 4 is 0 Å². The van der Waals surface area contributed by atoms with Gasteiger partial charge in [0, 0.05) is 0 Å². The second-order valence-electron chi connectivity index (χ2n) is 1.80. The van der Waals surface area contributed by atoms with Crippen LogP contribution in [0, 0.1) is 0 Å². The summed E-state index contributed by atoms with van der Waals surface area (Å²) >= 11 is 0. The van der Waals surface area contributed by atoms with Gasteiger partial charge in [0.05, 0.1) is 0 Å². The molecule has 4 N–H and O–H groups in total. The Morgan fingerprint density at radius 1 is 0.700 bits per heavy atom. The fourth-order valence-corrected chi connectivity index (χ4v) is 0.558. The summed E-state index contributed by atoms with van der Waals surface area (Å²) in [6.45, 7) is 0. The van der Waals surface area contributed by atoms with Crippen molar-refractivity contribution in [1.29, 1.82) is 0 Å². The fraction of sp³-hybridized carbons (Fsp3) is 0. The normalized spacial score (nSPS) is 9.60. The van der Waals surface area contributed by atoms with Gasteiger partial charge < -0.3 is 20.4 Å². The average Bonchev–Trinajstić information content (AvgIpc) is 1.93. The summed E-state index contributed by atoms with van der Waals surface area (Å²) in [4.78, 5) is 0. The van der Waals surface area contributed by atoms with Gasteiger partial charge in [0.1, 0.15) is 0 Å². The predicted molar refractivity (Wildman–Crippen MR) is 33.1 cm³/mol. The van der Waals surface area contributed by atoms with Crippen LogP contribution in [0.5, 0.6) is 23.0 Å². The highest BCUT2D eigenvalue weighted by molar-refractivity contribution is 5.55. The minimum Gasteiger partial charge on any atom is -0.504 e. The van der Waals surface area contributed by atoms with E-state index in [1.165, 1.54) is 0 Å². The molecular weight excluding hydrogens is 136 g/mol. The van der Waals surface area contributed by atoms with Gasteiger partial charge in [-0.05, 0) is 12.1 Å². The van der Waals surface area contributed by atoms with E-state index < -0.39 is 23.0 Å². The number of phenolic OH excluding ortho intramolecular Hbond substituents is 4. The Bertz CT molecular complexity index is 229. The molecule has 1 aromatic carbocycles. The van der Waals surface area contributed by atoms with E-state index in [2.05, 4.69) is 0 Å². The van der Waals surface area contributed by atoms with Crippen molar-refractivity contribution in [3.05, 3.63) is 12.1 Å². The maximum atomic E-state index is 8.73. The lowest BCUT2D eigenvalue weighted by Crippen LogP contribution is -1.71. The van der Waals surface area contributed by atoms with E-state index in [9.17, 15) is 0 Å². The number of phenols is 4. The van der Waals surface area contributed by atoms with Gasteiger partial charge >= 0.3 is 0 Å². The van der Waals surface area contributed by atoms with Crippen LogP contribution in [0.1, 0.15) is 0 Å². The minimum absolute atomic E-state index is 0.463. The van der Waals surface area contributed by atoms with E-state index in [1.807, 2.05) is 0 Å². The van der Waals surface area contributed by atoms with Gasteiger partial charge in [0.2, 0.25) is 11.5 Å². The Hall–Kier alpha value is -1.58.